The molecule has 1 aliphatic rings. The molecule has 1 aliphatic carbocycles. The van der Waals surface area contributed by atoms with Gasteiger partial charge in [0.05, 0.1) is 0 Å². The van der Waals surface area contributed by atoms with Crippen LogP contribution in [0.5, 0.6) is 0 Å². The second-order valence-corrected chi connectivity index (χ2v) is 5.00. The van der Waals surface area contributed by atoms with Crippen LogP contribution in [0.2, 0.25) is 0 Å². The van der Waals surface area contributed by atoms with Crippen molar-refractivity contribution in [3.63, 3.8) is 0 Å². The van der Waals surface area contributed by atoms with Gasteiger partial charge >= 0.3 is 0 Å². The highest BCUT2D eigenvalue weighted by molar-refractivity contribution is 5.22. The maximum absolute atomic E-state index is 13.9. The van der Waals surface area contributed by atoms with Gasteiger partial charge in [-0.15, -0.1) is 0 Å². The fraction of sp³-hybridized carbons (Fsp3) is 0.600. The molecule has 0 aliphatic heterocycles. The predicted octanol–water partition coefficient (Wildman–Crippen LogP) is 4.06. The van der Waals surface area contributed by atoms with Gasteiger partial charge in [-0.1, -0.05) is 38.0 Å². The summed E-state index contributed by atoms with van der Waals surface area (Å²) in [6.07, 6.45) is 6.15. The minimum absolute atomic E-state index is 0.0620. The lowest BCUT2D eigenvalue weighted by Crippen LogP contribution is -2.28. The van der Waals surface area contributed by atoms with E-state index in [1.54, 1.807) is 12.1 Å². The molecule has 1 aromatic carbocycles. The first-order valence-corrected chi connectivity index (χ1v) is 6.80. The van der Waals surface area contributed by atoms with Crippen molar-refractivity contribution in [2.75, 3.05) is 6.54 Å². The van der Waals surface area contributed by atoms with E-state index in [0.29, 0.717) is 5.92 Å². The molecule has 1 aromatic rings. The summed E-state index contributed by atoms with van der Waals surface area (Å²) in [5, 5.41) is 3.53. The lowest BCUT2D eigenvalue weighted by atomic mass is 9.91. The van der Waals surface area contributed by atoms with E-state index in [1.165, 1.54) is 25.7 Å². The van der Waals surface area contributed by atoms with Crippen LogP contribution in [0, 0.1) is 11.7 Å². The van der Waals surface area contributed by atoms with Crippen molar-refractivity contribution in [3.8, 4) is 0 Å². The maximum atomic E-state index is 13.9. The lowest BCUT2D eigenvalue weighted by Gasteiger charge is -2.25. The summed E-state index contributed by atoms with van der Waals surface area (Å²) in [5.74, 6) is 0.548. The Balaban J connectivity index is 2.16. The Hall–Kier alpha value is -0.890. The number of hydrogen-bond donors (Lipinski definition) is 1. The molecule has 17 heavy (non-hydrogen) atoms. The van der Waals surface area contributed by atoms with Crippen molar-refractivity contribution in [2.45, 2.75) is 45.1 Å². The summed E-state index contributed by atoms with van der Waals surface area (Å²) < 4.78 is 13.9. The van der Waals surface area contributed by atoms with Crippen LogP contribution in [0.3, 0.4) is 0 Å². The molecule has 0 spiro atoms. The zero-order chi connectivity index (χ0) is 12.1. The van der Waals surface area contributed by atoms with Crippen molar-refractivity contribution >= 4 is 0 Å². The normalized spacial score (nSPS) is 18.5. The fourth-order valence-electron chi connectivity index (χ4n) is 2.85. The highest BCUT2D eigenvalue weighted by Crippen LogP contribution is 2.36. The average Bonchev–Trinajstić information content (AvgIpc) is 2.85. The van der Waals surface area contributed by atoms with Gasteiger partial charge in [0.1, 0.15) is 5.82 Å². The summed E-state index contributed by atoms with van der Waals surface area (Å²) in [6.45, 7) is 3.12. The quantitative estimate of drug-likeness (QED) is 0.811. The van der Waals surface area contributed by atoms with E-state index in [-0.39, 0.29) is 11.9 Å². The molecule has 94 valence electrons. The van der Waals surface area contributed by atoms with Crippen molar-refractivity contribution in [1.82, 2.24) is 5.32 Å². The van der Waals surface area contributed by atoms with Crippen molar-refractivity contribution in [2.24, 2.45) is 5.92 Å². The standard InChI is InChI=1S/C15H22FN/c1-2-11-17-15(12-7-3-4-8-12)13-9-5-6-10-14(13)16/h5-6,9-10,12,15,17H,2-4,7-8,11H2,1H3. The Labute approximate surface area is 103 Å². The highest BCUT2D eigenvalue weighted by atomic mass is 19.1. The summed E-state index contributed by atoms with van der Waals surface area (Å²) in [6, 6.07) is 7.42. The molecule has 0 heterocycles. The lowest BCUT2D eigenvalue weighted by molar-refractivity contribution is 0.357. The molecule has 1 nitrogen and oxygen atoms in total. The second-order valence-electron chi connectivity index (χ2n) is 5.00. The van der Waals surface area contributed by atoms with Gasteiger partial charge in [-0.2, -0.15) is 0 Å². The van der Waals surface area contributed by atoms with Crippen LogP contribution in [0.4, 0.5) is 4.39 Å². The van der Waals surface area contributed by atoms with Gasteiger partial charge in [-0.05, 0) is 37.8 Å². The van der Waals surface area contributed by atoms with Gasteiger partial charge in [-0.3, -0.25) is 0 Å². The van der Waals surface area contributed by atoms with E-state index in [4.69, 9.17) is 0 Å². The Morgan fingerprint density at radius 3 is 2.65 bits per heavy atom. The molecule has 0 saturated heterocycles. The number of hydrogen-bond acceptors (Lipinski definition) is 1. The molecule has 0 radical (unpaired) electrons. The second kappa shape index (κ2) is 6.15. The van der Waals surface area contributed by atoms with Crippen LogP contribution in [0.15, 0.2) is 24.3 Å². The monoisotopic (exact) mass is 235 g/mol. The fourth-order valence-corrected chi connectivity index (χ4v) is 2.85. The molecule has 1 atom stereocenters. The van der Waals surface area contributed by atoms with E-state index in [9.17, 15) is 4.39 Å². The smallest absolute Gasteiger partial charge is 0.127 e. The first kappa shape index (κ1) is 12.6. The van der Waals surface area contributed by atoms with Gasteiger partial charge in [-0.25, -0.2) is 4.39 Å². The Kier molecular flexibility index (Phi) is 4.55. The minimum Gasteiger partial charge on any atom is -0.310 e. The van der Waals surface area contributed by atoms with Crippen LogP contribution in [-0.2, 0) is 0 Å². The summed E-state index contributed by atoms with van der Waals surface area (Å²) >= 11 is 0. The molecule has 1 unspecified atom stereocenters. The average molecular weight is 235 g/mol. The van der Waals surface area contributed by atoms with Crippen molar-refractivity contribution in [3.05, 3.63) is 35.6 Å². The topological polar surface area (TPSA) is 12.0 Å². The van der Waals surface area contributed by atoms with Gasteiger partial charge in [0.2, 0.25) is 0 Å². The Morgan fingerprint density at radius 1 is 1.29 bits per heavy atom. The van der Waals surface area contributed by atoms with Crippen LogP contribution in [0.25, 0.3) is 0 Å². The third kappa shape index (κ3) is 3.06. The molecule has 2 rings (SSSR count). The molecule has 1 N–H and O–H groups in total. The van der Waals surface area contributed by atoms with Gasteiger partial charge < -0.3 is 5.32 Å². The van der Waals surface area contributed by atoms with E-state index in [2.05, 4.69) is 12.2 Å². The first-order chi connectivity index (χ1) is 8.33. The third-order valence-electron chi connectivity index (χ3n) is 3.73. The van der Waals surface area contributed by atoms with Crippen molar-refractivity contribution < 1.29 is 4.39 Å². The maximum Gasteiger partial charge on any atom is 0.127 e. The SMILES string of the molecule is CCCNC(c1ccccc1F)C1CCCC1. The highest BCUT2D eigenvalue weighted by Gasteiger charge is 2.27. The Morgan fingerprint density at radius 2 is 2.00 bits per heavy atom. The minimum atomic E-state index is -0.0620. The van der Waals surface area contributed by atoms with Crippen LogP contribution in [0.1, 0.15) is 50.6 Å². The largest absolute Gasteiger partial charge is 0.310 e. The molecule has 1 saturated carbocycles. The third-order valence-corrected chi connectivity index (χ3v) is 3.73. The Bertz CT molecular complexity index is 345. The van der Waals surface area contributed by atoms with Crippen LogP contribution in [-0.4, -0.2) is 6.54 Å². The zero-order valence-corrected chi connectivity index (χ0v) is 10.6. The summed E-state index contributed by atoms with van der Waals surface area (Å²) in [7, 11) is 0. The molecule has 0 aromatic heterocycles. The summed E-state index contributed by atoms with van der Waals surface area (Å²) in [5.41, 5.74) is 0.854. The number of rotatable bonds is 5. The molecule has 0 bridgehead atoms. The first-order valence-electron chi connectivity index (χ1n) is 6.80. The van der Waals surface area contributed by atoms with Gasteiger partial charge in [0.25, 0.3) is 0 Å². The predicted molar refractivity (Wildman–Crippen MR) is 69.4 cm³/mol. The molecule has 2 heteroatoms. The van der Waals surface area contributed by atoms with Gasteiger partial charge in [0.15, 0.2) is 0 Å². The number of nitrogens with one attached hydrogen (secondary N) is 1. The van der Waals surface area contributed by atoms with E-state index in [1.807, 2.05) is 12.1 Å². The molecule has 0 amide bonds. The molecular weight excluding hydrogens is 213 g/mol. The van der Waals surface area contributed by atoms with Crippen LogP contribution >= 0.6 is 0 Å². The van der Waals surface area contributed by atoms with Crippen LogP contribution < -0.4 is 5.32 Å². The van der Waals surface area contributed by atoms with Gasteiger partial charge in [0, 0.05) is 11.6 Å². The van der Waals surface area contributed by atoms with E-state index < -0.39 is 0 Å². The molecule has 1 fully saturated rings. The van der Waals surface area contributed by atoms with E-state index >= 15 is 0 Å². The number of halogens is 1. The zero-order valence-electron chi connectivity index (χ0n) is 10.6. The molecular formula is C15H22FN. The van der Waals surface area contributed by atoms with Crippen molar-refractivity contribution in [1.29, 1.82) is 0 Å². The summed E-state index contributed by atoms with van der Waals surface area (Å²) in [4.78, 5) is 0. The van der Waals surface area contributed by atoms with E-state index in [0.717, 1.165) is 18.5 Å². The number of benzene rings is 1.